The molecule has 1 heterocycles. The topological polar surface area (TPSA) is 12.9 Å². The summed E-state index contributed by atoms with van der Waals surface area (Å²) < 4.78 is 0. The molecule has 1 aromatic heterocycles. The Bertz CT molecular complexity index is 937. The third kappa shape index (κ3) is 3.84. The Hall–Kier alpha value is -2.18. The molecule has 0 bridgehead atoms. The van der Waals surface area contributed by atoms with Crippen molar-refractivity contribution in [1.82, 2.24) is 4.98 Å². The van der Waals surface area contributed by atoms with Crippen LogP contribution in [0.15, 0.2) is 103 Å². The van der Waals surface area contributed by atoms with Gasteiger partial charge in [-0.3, -0.25) is 0 Å². The van der Waals surface area contributed by atoms with Crippen molar-refractivity contribution in [2.45, 2.75) is 6.16 Å². The van der Waals surface area contributed by atoms with E-state index in [-0.39, 0.29) is 0 Å². The van der Waals surface area contributed by atoms with Crippen LogP contribution in [0.25, 0.3) is 0 Å². The fourth-order valence-corrected chi connectivity index (χ4v) is 8.37. The van der Waals surface area contributed by atoms with Gasteiger partial charge in [0.25, 0.3) is 0 Å². The van der Waals surface area contributed by atoms with E-state index >= 15 is 0 Å². The summed E-state index contributed by atoms with van der Waals surface area (Å²) in [6.07, 6.45) is 0.826. The van der Waals surface area contributed by atoms with Crippen LogP contribution in [0, 0.1) is 0 Å². The highest BCUT2D eigenvalue weighted by molar-refractivity contribution is 7.95. The molecule has 138 valence electrons. The highest BCUT2D eigenvalue weighted by Crippen LogP contribution is 2.58. The molecule has 0 unspecified atom stereocenters. The fourth-order valence-electron chi connectivity index (χ4n) is 3.65. The van der Waals surface area contributed by atoms with Crippen LogP contribution in [-0.2, 0) is 6.16 Å². The first-order valence-electron chi connectivity index (χ1n) is 9.05. The molecule has 0 atom stereocenters. The molecule has 0 amide bonds. The highest BCUT2D eigenvalue weighted by Gasteiger charge is 2.45. The van der Waals surface area contributed by atoms with Gasteiger partial charge in [-0.1, -0.05) is 77.8 Å². The van der Waals surface area contributed by atoms with Crippen molar-refractivity contribution >= 4 is 46.4 Å². The van der Waals surface area contributed by atoms with Crippen molar-refractivity contribution in [2.24, 2.45) is 0 Å². The number of benzene rings is 3. The molecule has 0 spiro atoms. The smallest absolute Gasteiger partial charge is 0.131 e. The second kappa shape index (κ2) is 8.45. The maximum atomic E-state index is 6.23. The molecule has 28 heavy (non-hydrogen) atoms. The van der Waals surface area contributed by atoms with E-state index in [0.29, 0.717) is 10.3 Å². The van der Waals surface area contributed by atoms with E-state index in [1.54, 1.807) is 0 Å². The van der Waals surface area contributed by atoms with Crippen LogP contribution in [0.5, 0.6) is 0 Å². The largest absolute Gasteiger partial charge is 0.224 e. The lowest BCUT2D eigenvalue weighted by atomic mass is 10.3. The van der Waals surface area contributed by atoms with Gasteiger partial charge in [0, 0.05) is 0 Å². The molecule has 0 fully saturated rings. The predicted molar refractivity (Wildman–Crippen MR) is 123 cm³/mol. The van der Waals surface area contributed by atoms with Crippen LogP contribution in [0.2, 0.25) is 10.3 Å². The molecule has 3 aromatic carbocycles. The zero-order valence-electron chi connectivity index (χ0n) is 15.2. The van der Waals surface area contributed by atoms with Gasteiger partial charge in [-0.2, -0.15) is 0 Å². The number of nitrogens with zero attached hydrogens (tertiary/aromatic N) is 1. The van der Waals surface area contributed by atoms with Gasteiger partial charge < -0.3 is 0 Å². The number of pyridine rings is 1. The Morgan fingerprint density at radius 1 is 0.571 bits per heavy atom. The summed E-state index contributed by atoms with van der Waals surface area (Å²) in [6.45, 7) is 0. The molecular formula is C24H19Cl2NP+. The van der Waals surface area contributed by atoms with E-state index in [0.717, 1.165) is 11.7 Å². The lowest BCUT2D eigenvalue weighted by Gasteiger charge is -2.27. The highest BCUT2D eigenvalue weighted by atomic mass is 35.5. The third-order valence-corrected chi connectivity index (χ3v) is 9.60. The Morgan fingerprint density at radius 3 is 1.29 bits per heavy atom. The van der Waals surface area contributed by atoms with Crippen LogP contribution >= 0.6 is 30.5 Å². The van der Waals surface area contributed by atoms with Crippen molar-refractivity contribution in [1.29, 1.82) is 0 Å². The van der Waals surface area contributed by atoms with E-state index in [1.165, 1.54) is 15.9 Å². The summed E-state index contributed by atoms with van der Waals surface area (Å²) in [7, 11) is -1.96. The summed E-state index contributed by atoms with van der Waals surface area (Å²) in [5.74, 6) is 0. The molecule has 0 saturated carbocycles. The lowest BCUT2D eigenvalue weighted by molar-refractivity contribution is 1.26. The summed E-state index contributed by atoms with van der Waals surface area (Å²) >= 11 is 12.5. The normalized spacial score (nSPS) is 11.4. The molecule has 0 N–H and O–H groups in total. The first kappa shape index (κ1) is 19.2. The lowest BCUT2D eigenvalue weighted by Crippen LogP contribution is -2.32. The molecule has 0 aliphatic carbocycles. The zero-order chi connectivity index (χ0) is 19.4. The van der Waals surface area contributed by atoms with E-state index in [4.69, 9.17) is 23.2 Å². The minimum Gasteiger partial charge on any atom is -0.224 e. The van der Waals surface area contributed by atoms with E-state index in [2.05, 4.69) is 96.0 Å². The number of hydrogen-bond donors (Lipinski definition) is 0. The second-order valence-corrected chi connectivity index (χ2v) is 10.9. The quantitative estimate of drug-likeness (QED) is 0.289. The van der Waals surface area contributed by atoms with Gasteiger partial charge >= 0.3 is 0 Å². The fraction of sp³-hybridized carbons (Fsp3) is 0.0417. The van der Waals surface area contributed by atoms with E-state index < -0.39 is 7.26 Å². The van der Waals surface area contributed by atoms with Crippen molar-refractivity contribution < 1.29 is 0 Å². The number of hydrogen-bond acceptors (Lipinski definition) is 1. The Labute approximate surface area is 176 Å². The summed E-state index contributed by atoms with van der Waals surface area (Å²) in [4.78, 5) is 4.13. The van der Waals surface area contributed by atoms with Crippen molar-refractivity contribution in [3.63, 3.8) is 0 Å². The molecule has 4 aromatic rings. The minimum absolute atomic E-state index is 0.426. The van der Waals surface area contributed by atoms with Crippen LogP contribution < -0.4 is 15.9 Å². The third-order valence-electron chi connectivity index (χ3n) is 4.83. The van der Waals surface area contributed by atoms with Gasteiger partial charge in [0.2, 0.25) is 0 Å². The van der Waals surface area contributed by atoms with Crippen LogP contribution in [0.3, 0.4) is 0 Å². The van der Waals surface area contributed by atoms with Gasteiger partial charge in [0.1, 0.15) is 33.5 Å². The zero-order valence-corrected chi connectivity index (χ0v) is 17.6. The van der Waals surface area contributed by atoms with Crippen LogP contribution in [0.4, 0.5) is 0 Å². The Morgan fingerprint density at radius 2 is 0.929 bits per heavy atom. The van der Waals surface area contributed by atoms with E-state index in [1.807, 2.05) is 12.1 Å². The predicted octanol–water partition coefficient (Wildman–Crippen LogP) is 5.88. The molecule has 0 aliphatic rings. The standard InChI is InChI=1S/C24H19Cl2NP/c25-23-16-19(17-24(26)27-23)18-28(20-10-4-1-5-11-20,21-12-6-2-7-13-21)22-14-8-3-9-15-22/h1-17H,18H2/q+1. The Kier molecular flexibility index (Phi) is 5.78. The summed E-state index contributed by atoms with van der Waals surface area (Å²) in [5, 5.41) is 4.84. The van der Waals surface area contributed by atoms with Crippen molar-refractivity contribution in [2.75, 3.05) is 0 Å². The van der Waals surface area contributed by atoms with Crippen LogP contribution in [0.1, 0.15) is 5.56 Å². The maximum Gasteiger partial charge on any atom is 0.131 e. The summed E-state index contributed by atoms with van der Waals surface area (Å²) in [6, 6.07) is 36.1. The number of aromatic nitrogens is 1. The molecular weight excluding hydrogens is 404 g/mol. The van der Waals surface area contributed by atoms with Gasteiger partial charge in [-0.25, -0.2) is 4.98 Å². The van der Waals surface area contributed by atoms with Gasteiger partial charge in [-0.05, 0) is 54.1 Å². The first-order valence-corrected chi connectivity index (χ1v) is 11.8. The van der Waals surface area contributed by atoms with E-state index in [9.17, 15) is 0 Å². The monoisotopic (exact) mass is 422 g/mol. The van der Waals surface area contributed by atoms with Crippen LogP contribution in [-0.4, -0.2) is 4.98 Å². The SMILES string of the molecule is Clc1cc(C[P+](c2ccccc2)(c2ccccc2)c2ccccc2)cc(Cl)n1. The molecule has 4 rings (SSSR count). The molecule has 0 saturated heterocycles. The number of rotatable bonds is 5. The first-order chi connectivity index (χ1) is 13.7. The Balaban J connectivity index is 2.01. The number of halogens is 2. The van der Waals surface area contributed by atoms with Gasteiger partial charge in [-0.15, -0.1) is 0 Å². The summed E-state index contributed by atoms with van der Waals surface area (Å²) in [5.41, 5.74) is 1.09. The van der Waals surface area contributed by atoms with Gasteiger partial charge in [0.05, 0.1) is 6.16 Å². The minimum atomic E-state index is -1.96. The molecule has 1 nitrogen and oxygen atoms in total. The average Bonchev–Trinajstić information content (AvgIpc) is 2.73. The van der Waals surface area contributed by atoms with Crippen molar-refractivity contribution in [3.8, 4) is 0 Å². The second-order valence-electron chi connectivity index (χ2n) is 6.60. The molecule has 0 aliphatic heterocycles. The van der Waals surface area contributed by atoms with Crippen molar-refractivity contribution in [3.05, 3.63) is 119 Å². The molecule has 0 radical (unpaired) electrons. The van der Waals surface area contributed by atoms with Gasteiger partial charge in [0.15, 0.2) is 0 Å². The average molecular weight is 423 g/mol. The molecule has 4 heteroatoms. The maximum absolute atomic E-state index is 6.23.